The Morgan fingerprint density at radius 3 is 2.31 bits per heavy atom. The largest absolute Gasteiger partial charge is 0.284 e. The Labute approximate surface area is 195 Å². The number of aromatic nitrogens is 3. The van der Waals surface area contributed by atoms with Crippen LogP contribution in [0.5, 0.6) is 0 Å². The molecular weight excluding hydrogens is 436 g/mol. The SMILES string of the molecule is C=CCN(C(=O)CSc1nc(C)cc(-c2ccccc2)n1)c1nc(-c2ccccc2)cs1. The Morgan fingerprint density at radius 2 is 1.66 bits per heavy atom. The molecule has 0 atom stereocenters. The van der Waals surface area contributed by atoms with E-state index in [1.807, 2.05) is 79.0 Å². The van der Waals surface area contributed by atoms with E-state index in [0.717, 1.165) is 28.2 Å². The molecular formula is C25H22N4OS2. The molecule has 0 saturated heterocycles. The van der Waals surface area contributed by atoms with Crippen molar-refractivity contribution in [3.8, 4) is 22.5 Å². The highest BCUT2D eigenvalue weighted by molar-refractivity contribution is 7.99. The lowest BCUT2D eigenvalue weighted by Gasteiger charge is -2.17. The van der Waals surface area contributed by atoms with Crippen LogP contribution in [0.3, 0.4) is 0 Å². The molecule has 0 N–H and O–H groups in total. The van der Waals surface area contributed by atoms with Crippen LogP contribution >= 0.6 is 23.1 Å². The maximum absolute atomic E-state index is 13.1. The number of benzene rings is 2. The number of aryl methyl sites for hydroxylation is 1. The van der Waals surface area contributed by atoms with Crippen molar-refractivity contribution < 1.29 is 4.79 Å². The van der Waals surface area contributed by atoms with E-state index in [1.54, 1.807) is 11.0 Å². The van der Waals surface area contributed by atoms with E-state index in [2.05, 4.69) is 21.5 Å². The lowest BCUT2D eigenvalue weighted by molar-refractivity contribution is -0.116. The number of thioether (sulfide) groups is 1. The number of thiazole rings is 1. The molecule has 4 aromatic rings. The second-order valence-corrected chi connectivity index (χ2v) is 8.79. The maximum atomic E-state index is 13.1. The minimum Gasteiger partial charge on any atom is -0.284 e. The predicted molar refractivity (Wildman–Crippen MR) is 133 cm³/mol. The van der Waals surface area contributed by atoms with Gasteiger partial charge in [-0.15, -0.1) is 17.9 Å². The standard InChI is InChI=1S/C25H22N4OS2/c1-3-14-29(25-28-22(16-32-25)20-12-8-5-9-13-20)23(30)17-31-24-26-18(2)15-21(27-24)19-10-6-4-7-11-19/h3-13,15-16H,1,14,17H2,2H3. The van der Waals surface area contributed by atoms with Gasteiger partial charge >= 0.3 is 0 Å². The number of rotatable bonds is 8. The fourth-order valence-corrected chi connectivity index (χ4v) is 4.75. The number of hydrogen-bond donors (Lipinski definition) is 0. The van der Waals surface area contributed by atoms with Gasteiger partial charge in [-0.2, -0.15) is 0 Å². The minimum atomic E-state index is -0.0600. The summed E-state index contributed by atoms with van der Waals surface area (Å²) in [5, 5.41) is 3.21. The van der Waals surface area contributed by atoms with E-state index >= 15 is 0 Å². The summed E-state index contributed by atoms with van der Waals surface area (Å²) in [5.41, 5.74) is 4.62. The zero-order chi connectivity index (χ0) is 22.3. The zero-order valence-corrected chi connectivity index (χ0v) is 19.3. The van der Waals surface area contributed by atoms with Crippen LogP contribution in [-0.2, 0) is 4.79 Å². The van der Waals surface area contributed by atoms with E-state index in [-0.39, 0.29) is 11.7 Å². The van der Waals surface area contributed by atoms with Crippen molar-refractivity contribution >= 4 is 34.1 Å². The van der Waals surface area contributed by atoms with Crippen molar-refractivity contribution in [2.45, 2.75) is 12.1 Å². The molecule has 0 radical (unpaired) electrons. The summed E-state index contributed by atoms with van der Waals surface area (Å²) in [4.78, 5) is 28.5. The monoisotopic (exact) mass is 458 g/mol. The first kappa shape index (κ1) is 21.9. The smallest absolute Gasteiger partial charge is 0.239 e. The first-order valence-electron chi connectivity index (χ1n) is 10.1. The molecule has 0 saturated carbocycles. The Bertz CT molecular complexity index is 1210. The van der Waals surface area contributed by atoms with Crippen molar-refractivity contribution in [1.29, 1.82) is 0 Å². The average Bonchev–Trinajstić information content (AvgIpc) is 3.32. The fraction of sp³-hybridized carbons (Fsp3) is 0.120. The predicted octanol–water partition coefficient (Wildman–Crippen LogP) is 5.89. The summed E-state index contributed by atoms with van der Waals surface area (Å²) in [6.45, 7) is 6.13. The zero-order valence-electron chi connectivity index (χ0n) is 17.6. The second-order valence-electron chi connectivity index (χ2n) is 7.01. The van der Waals surface area contributed by atoms with Crippen molar-refractivity contribution in [2.24, 2.45) is 0 Å². The van der Waals surface area contributed by atoms with Crippen molar-refractivity contribution in [3.05, 3.63) is 90.5 Å². The molecule has 160 valence electrons. The molecule has 0 aliphatic carbocycles. The van der Waals surface area contributed by atoms with E-state index in [0.29, 0.717) is 16.8 Å². The van der Waals surface area contributed by atoms with Gasteiger partial charge in [0, 0.05) is 28.7 Å². The van der Waals surface area contributed by atoms with Gasteiger partial charge in [0.15, 0.2) is 10.3 Å². The molecule has 0 fully saturated rings. The Kier molecular flexibility index (Phi) is 7.09. The van der Waals surface area contributed by atoms with Crippen molar-refractivity contribution in [1.82, 2.24) is 15.0 Å². The highest BCUT2D eigenvalue weighted by Gasteiger charge is 2.19. The van der Waals surface area contributed by atoms with E-state index in [1.165, 1.54) is 23.1 Å². The van der Waals surface area contributed by atoms with Gasteiger partial charge in [0.05, 0.1) is 17.1 Å². The van der Waals surface area contributed by atoms with E-state index in [9.17, 15) is 4.79 Å². The maximum Gasteiger partial charge on any atom is 0.239 e. The molecule has 0 bridgehead atoms. The summed E-state index contributed by atoms with van der Waals surface area (Å²) in [7, 11) is 0. The molecule has 4 rings (SSSR count). The number of anilines is 1. The second kappa shape index (κ2) is 10.3. The molecule has 0 spiro atoms. The Morgan fingerprint density at radius 1 is 1.00 bits per heavy atom. The summed E-state index contributed by atoms with van der Waals surface area (Å²) in [6.07, 6.45) is 1.71. The molecule has 1 amide bonds. The van der Waals surface area contributed by atoms with E-state index < -0.39 is 0 Å². The van der Waals surface area contributed by atoms with Gasteiger partial charge in [0.1, 0.15) is 0 Å². The van der Waals surface area contributed by atoms with Crippen LogP contribution in [0.1, 0.15) is 5.69 Å². The fourth-order valence-electron chi connectivity index (χ4n) is 3.11. The van der Waals surface area contributed by atoms with E-state index in [4.69, 9.17) is 0 Å². The third-order valence-electron chi connectivity index (χ3n) is 4.63. The number of nitrogens with zero attached hydrogens (tertiary/aromatic N) is 4. The molecule has 0 unspecified atom stereocenters. The molecule has 0 aliphatic heterocycles. The topological polar surface area (TPSA) is 59.0 Å². The minimum absolute atomic E-state index is 0.0600. The summed E-state index contributed by atoms with van der Waals surface area (Å²) in [6, 6.07) is 21.8. The van der Waals surface area contributed by atoms with Crippen LogP contribution in [-0.4, -0.2) is 33.2 Å². The summed E-state index contributed by atoms with van der Waals surface area (Å²) in [5.74, 6) is 0.154. The average molecular weight is 459 g/mol. The van der Waals surface area contributed by atoms with Gasteiger partial charge in [-0.25, -0.2) is 15.0 Å². The van der Waals surface area contributed by atoms with Gasteiger partial charge in [-0.1, -0.05) is 78.5 Å². The summed E-state index contributed by atoms with van der Waals surface area (Å²) >= 11 is 2.78. The van der Waals surface area contributed by atoms with Gasteiger partial charge < -0.3 is 0 Å². The summed E-state index contributed by atoms with van der Waals surface area (Å²) < 4.78 is 0. The lowest BCUT2D eigenvalue weighted by Crippen LogP contribution is -2.32. The Balaban J connectivity index is 1.49. The van der Waals surface area contributed by atoms with Crippen molar-refractivity contribution in [3.63, 3.8) is 0 Å². The highest BCUT2D eigenvalue weighted by atomic mass is 32.2. The van der Waals surface area contributed by atoms with Crippen LogP contribution in [0.15, 0.2) is 89.9 Å². The number of hydrogen-bond acceptors (Lipinski definition) is 6. The van der Waals surface area contributed by atoms with Gasteiger partial charge in [0.25, 0.3) is 0 Å². The molecule has 0 aliphatic rings. The number of carbonyl (C=O) groups excluding carboxylic acids is 1. The molecule has 5 nitrogen and oxygen atoms in total. The van der Waals surface area contributed by atoms with Gasteiger partial charge in [0.2, 0.25) is 5.91 Å². The molecule has 7 heteroatoms. The first-order chi connectivity index (χ1) is 15.6. The Hall–Kier alpha value is -3.29. The normalized spacial score (nSPS) is 10.7. The van der Waals surface area contributed by atoms with Gasteiger partial charge in [-0.3, -0.25) is 9.69 Å². The quantitative estimate of drug-likeness (QED) is 0.187. The van der Waals surface area contributed by atoms with Crippen LogP contribution in [0.4, 0.5) is 5.13 Å². The molecule has 2 aromatic heterocycles. The van der Waals surface area contributed by atoms with Crippen molar-refractivity contribution in [2.75, 3.05) is 17.2 Å². The van der Waals surface area contributed by atoms with Crippen LogP contribution in [0.25, 0.3) is 22.5 Å². The highest BCUT2D eigenvalue weighted by Crippen LogP contribution is 2.28. The molecule has 32 heavy (non-hydrogen) atoms. The van der Waals surface area contributed by atoms with Crippen LogP contribution in [0, 0.1) is 6.92 Å². The van der Waals surface area contributed by atoms with Gasteiger partial charge in [-0.05, 0) is 13.0 Å². The van der Waals surface area contributed by atoms with Crippen LogP contribution in [0.2, 0.25) is 0 Å². The first-order valence-corrected chi connectivity index (χ1v) is 12.0. The molecule has 2 heterocycles. The lowest BCUT2D eigenvalue weighted by atomic mass is 10.1. The third kappa shape index (κ3) is 5.30. The third-order valence-corrected chi connectivity index (χ3v) is 6.33. The number of amides is 1. The molecule has 2 aromatic carbocycles. The van der Waals surface area contributed by atoms with Crippen LogP contribution < -0.4 is 4.90 Å². The number of carbonyl (C=O) groups is 1.